The van der Waals surface area contributed by atoms with Gasteiger partial charge in [-0.05, 0) is 42.8 Å². The number of phenolic OH excluding ortho intramolecular Hbond substituents is 1. The van der Waals surface area contributed by atoms with Gasteiger partial charge in [-0.3, -0.25) is 4.79 Å². The predicted molar refractivity (Wildman–Crippen MR) is 152 cm³/mol. The fourth-order valence-corrected chi connectivity index (χ4v) is 4.54. The van der Waals surface area contributed by atoms with Gasteiger partial charge in [0.25, 0.3) is 5.91 Å². The molecule has 0 bridgehead atoms. The molecule has 0 saturated heterocycles. The fourth-order valence-electron chi connectivity index (χ4n) is 4.54. The predicted octanol–water partition coefficient (Wildman–Crippen LogP) is 9.31. The van der Waals surface area contributed by atoms with Crippen molar-refractivity contribution in [1.29, 1.82) is 0 Å². The molecule has 2 aromatic rings. The maximum absolute atomic E-state index is 12.7. The van der Waals surface area contributed by atoms with Crippen LogP contribution in [0.5, 0.6) is 11.5 Å². The number of anilines is 1. The Bertz CT molecular complexity index is 834. The molecule has 36 heavy (non-hydrogen) atoms. The van der Waals surface area contributed by atoms with E-state index in [2.05, 4.69) is 6.92 Å². The van der Waals surface area contributed by atoms with Gasteiger partial charge in [-0.2, -0.15) is 0 Å². The Hall–Kier alpha value is -2.49. The number of hydrogen-bond donors (Lipinski definition) is 1. The van der Waals surface area contributed by atoms with Gasteiger partial charge in [0, 0.05) is 24.4 Å². The highest BCUT2D eigenvalue weighted by Crippen LogP contribution is 2.23. The van der Waals surface area contributed by atoms with Crippen molar-refractivity contribution < 1.29 is 14.6 Å². The first-order valence-electron chi connectivity index (χ1n) is 14.4. The highest BCUT2D eigenvalue weighted by Gasteiger charge is 2.14. The third-order valence-electron chi connectivity index (χ3n) is 6.89. The molecule has 0 saturated carbocycles. The largest absolute Gasteiger partial charge is 0.508 e. The van der Waals surface area contributed by atoms with Gasteiger partial charge in [-0.25, -0.2) is 0 Å². The lowest BCUT2D eigenvalue weighted by molar-refractivity contribution is 0.0993. The molecule has 1 amide bonds. The number of carbonyl (C=O) groups is 1. The van der Waals surface area contributed by atoms with Crippen molar-refractivity contribution in [3.63, 3.8) is 0 Å². The van der Waals surface area contributed by atoms with Crippen LogP contribution in [0.15, 0.2) is 48.5 Å². The van der Waals surface area contributed by atoms with Crippen molar-refractivity contribution in [2.24, 2.45) is 0 Å². The van der Waals surface area contributed by atoms with E-state index in [0.29, 0.717) is 12.2 Å². The summed E-state index contributed by atoms with van der Waals surface area (Å²) in [6, 6.07) is 14.0. The van der Waals surface area contributed by atoms with Gasteiger partial charge >= 0.3 is 0 Å². The zero-order chi connectivity index (χ0) is 25.8. The average Bonchev–Trinajstić information content (AvgIpc) is 2.90. The highest BCUT2D eigenvalue weighted by molar-refractivity contribution is 6.05. The van der Waals surface area contributed by atoms with Gasteiger partial charge in [0.1, 0.15) is 11.5 Å². The van der Waals surface area contributed by atoms with Gasteiger partial charge in [-0.1, -0.05) is 109 Å². The van der Waals surface area contributed by atoms with E-state index in [-0.39, 0.29) is 11.7 Å². The van der Waals surface area contributed by atoms with Crippen LogP contribution in [0.4, 0.5) is 5.69 Å². The van der Waals surface area contributed by atoms with E-state index < -0.39 is 0 Å². The first kappa shape index (κ1) is 29.7. The molecule has 1 N–H and O–H groups in total. The van der Waals surface area contributed by atoms with Crippen LogP contribution in [0, 0.1) is 0 Å². The number of amides is 1. The quantitative estimate of drug-likeness (QED) is 0.186. The van der Waals surface area contributed by atoms with Crippen LogP contribution in [0.25, 0.3) is 0 Å². The maximum atomic E-state index is 12.7. The Morgan fingerprint density at radius 1 is 0.722 bits per heavy atom. The molecule has 200 valence electrons. The maximum Gasteiger partial charge on any atom is 0.258 e. The lowest BCUT2D eigenvalue weighted by Gasteiger charge is -2.18. The van der Waals surface area contributed by atoms with Crippen LogP contribution in [-0.2, 0) is 0 Å². The first-order chi connectivity index (χ1) is 17.6. The lowest BCUT2D eigenvalue weighted by Crippen LogP contribution is -2.26. The minimum atomic E-state index is -0.120. The number of ether oxygens (including phenoxy) is 1. The summed E-state index contributed by atoms with van der Waals surface area (Å²) in [5, 5.41) is 9.43. The second kappa shape index (κ2) is 18.7. The zero-order valence-electron chi connectivity index (χ0n) is 22.9. The molecule has 0 aromatic heterocycles. The normalized spacial score (nSPS) is 10.9. The van der Waals surface area contributed by atoms with E-state index in [1.807, 2.05) is 24.3 Å². The second-order valence-electron chi connectivity index (χ2n) is 10.1. The Morgan fingerprint density at radius 2 is 1.22 bits per heavy atom. The molecule has 0 fully saturated rings. The monoisotopic (exact) mass is 495 g/mol. The van der Waals surface area contributed by atoms with Gasteiger partial charge in [0.05, 0.1) is 6.61 Å². The summed E-state index contributed by atoms with van der Waals surface area (Å²) in [6.07, 6.45) is 21.8. The van der Waals surface area contributed by atoms with Crippen LogP contribution >= 0.6 is 0 Å². The van der Waals surface area contributed by atoms with Crippen molar-refractivity contribution in [2.75, 3.05) is 18.6 Å². The average molecular weight is 496 g/mol. The number of nitrogens with zero attached hydrogens (tertiary/aromatic N) is 1. The van der Waals surface area contributed by atoms with Crippen LogP contribution in [0.3, 0.4) is 0 Å². The van der Waals surface area contributed by atoms with Crippen molar-refractivity contribution in [3.05, 3.63) is 54.1 Å². The number of hydrogen-bond acceptors (Lipinski definition) is 3. The fraction of sp³-hybridized carbons (Fsp3) is 0.594. The van der Waals surface area contributed by atoms with Gasteiger partial charge in [0.15, 0.2) is 0 Å². The lowest BCUT2D eigenvalue weighted by atomic mass is 10.0. The molecule has 0 unspecified atom stereocenters. The van der Waals surface area contributed by atoms with Gasteiger partial charge in [0.2, 0.25) is 0 Å². The number of benzene rings is 2. The molecule has 0 heterocycles. The molecule has 4 nitrogen and oxygen atoms in total. The van der Waals surface area contributed by atoms with E-state index in [1.165, 1.54) is 108 Å². The van der Waals surface area contributed by atoms with Crippen molar-refractivity contribution in [1.82, 2.24) is 0 Å². The smallest absolute Gasteiger partial charge is 0.258 e. The summed E-state index contributed by atoms with van der Waals surface area (Å²) in [6.45, 7) is 2.99. The van der Waals surface area contributed by atoms with E-state index in [4.69, 9.17) is 4.74 Å². The van der Waals surface area contributed by atoms with Crippen LogP contribution in [-0.4, -0.2) is 24.7 Å². The number of phenols is 1. The number of rotatable bonds is 20. The van der Waals surface area contributed by atoms with E-state index in [0.717, 1.165) is 17.9 Å². The van der Waals surface area contributed by atoms with E-state index in [1.54, 1.807) is 24.1 Å². The summed E-state index contributed by atoms with van der Waals surface area (Å²) in [7, 11) is 1.75. The zero-order valence-corrected chi connectivity index (χ0v) is 22.9. The molecule has 2 aromatic carbocycles. The summed E-state index contributed by atoms with van der Waals surface area (Å²) in [5.41, 5.74) is 1.33. The Labute approximate surface area is 220 Å². The van der Waals surface area contributed by atoms with E-state index in [9.17, 15) is 9.90 Å². The first-order valence-corrected chi connectivity index (χ1v) is 14.4. The molecular formula is C32H49NO3. The molecule has 2 rings (SSSR count). The van der Waals surface area contributed by atoms with Crippen LogP contribution in [0.1, 0.15) is 120 Å². The van der Waals surface area contributed by atoms with Gasteiger partial charge < -0.3 is 14.7 Å². The number of carbonyl (C=O) groups excluding carboxylic acids is 1. The molecule has 0 radical (unpaired) electrons. The second-order valence-corrected chi connectivity index (χ2v) is 10.1. The van der Waals surface area contributed by atoms with Crippen LogP contribution < -0.4 is 9.64 Å². The SMILES string of the molecule is CCCCCCCCCCCCCCCCCCOc1cccc(N(C)C(=O)c2ccc(O)cc2)c1. The molecule has 0 aliphatic heterocycles. The van der Waals surface area contributed by atoms with Crippen molar-refractivity contribution in [2.45, 2.75) is 110 Å². The third kappa shape index (κ3) is 12.5. The minimum Gasteiger partial charge on any atom is -0.508 e. The Balaban J connectivity index is 1.48. The number of unbranched alkanes of at least 4 members (excludes halogenated alkanes) is 15. The molecule has 0 aliphatic carbocycles. The van der Waals surface area contributed by atoms with Crippen molar-refractivity contribution >= 4 is 11.6 Å². The topological polar surface area (TPSA) is 49.8 Å². The summed E-state index contributed by atoms with van der Waals surface area (Å²) in [5.74, 6) is 0.822. The van der Waals surface area contributed by atoms with Crippen LogP contribution in [0.2, 0.25) is 0 Å². The molecule has 4 heteroatoms. The molecular weight excluding hydrogens is 446 g/mol. The van der Waals surface area contributed by atoms with E-state index >= 15 is 0 Å². The summed E-state index contributed by atoms with van der Waals surface area (Å²) >= 11 is 0. The summed E-state index contributed by atoms with van der Waals surface area (Å²) < 4.78 is 5.95. The Morgan fingerprint density at radius 3 is 1.75 bits per heavy atom. The Kier molecular flexibility index (Phi) is 15.5. The third-order valence-corrected chi connectivity index (χ3v) is 6.89. The molecule has 0 spiro atoms. The number of aromatic hydroxyl groups is 1. The van der Waals surface area contributed by atoms with Gasteiger partial charge in [-0.15, -0.1) is 0 Å². The standard InChI is InChI=1S/C32H49NO3/c1-3-4-5-6-7-8-9-10-11-12-13-14-15-16-17-18-26-36-31-21-19-20-29(27-31)33(2)32(35)28-22-24-30(34)25-23-28/h19-25,27,34H,3-18,26H2,1-2H3. The highest BCUT2D eigenvalue weighted by atomic mass is 16.5. The minimum absolute atomic E-state index is 0.120. The molecule has 0 aliphatic rings. The molecule has 0 atom stereocenters. The summed E-state index contributed by atoms with van der Waals surface area (Å²) in [4.78, 5) is 14.3. The van der Waals surface area contributed by atoms with Crippen molar-refractivity contribution in [3.8, 4) is 11.5 Å².